The number of amides is 1. The molecule has 132 valence electrons. The summed E-state index contributed by atoms with van der Waals surface area (Å²) in [7, 11) is -3.57. The number of rotatable bonds is 3. The van der Waals surface area contributed by atoms with Crippen LogP contribution in [0.4, 0.5) is 0 Å². The molecule has 0 aromatic heterocycles. The fraction of sp³-hybridized carbons (Fsp3) is 0.235. The third-order valence-electron chi connectivity index (χ3n) is 4.05. The molecule has 1 saturated heterocycles. The molecule has 0 unspecified atom stereocenters. The summed E-state index contributed by atoms with van der Waals surface area (Å²) in [6.45, 7) is 1.26. The Labute approximate surface area is 160 Å². The maximum Gasteiger partial charge on any atom is 0.253 e. The topological polar surface area (TPSA) is 57.7 Å². The van der Waals surface area contributed by atoms with E-state index in [-0.39, 0.29) is 23.9 Å². The molecule has 5 nitrogen and oxygen atoms in total. The second-order valence-electron chi connectivity index (χ2n) is 5.66. The summed E-state index contributed by atoms with van der Waals surface area (Å²) in [6, 6.07) is 13.3. The molecule has 0 aliphatic carbocycles. The third kappa shape index (κ3) is 4.06. The minimum Gasteiger partial charge on any atom is -0.336 e. The molecule has 1 heterocycles. The summed E-state index contributed by atoms with van der Waals surface area (Å²) >= 11 is 9.17. The summed E-state index contributed by atoms with van der Waals surface area (Å²) in [6.07, 6.45) is 0. The van der Waals surface area contributed by atoms with E-state index in [1.165, 1.54) is 16.4 Å². The molecule has 2 aromatic carbocycles. The highest BCUT2D eigenvalue weighted by atomic mass is 79.9. The van der Waals surface area contributed by atoms with Crippen LogP contribution in [-0.4, -0.2) is 49.7 Å². The van der Waals surface area contributed by atoms with E-state index in [0.717, 1.165) is 4.47 Å². The van der Waals surface area contributed by atoms with Crippen molar-refractivity contribution in [2.24, 2.45) is 0 Å². The van der Waals surface area contributed by atoms with Gasteiger partial charge in [-0.2, -0.15) is 4.31 Å². The molecule has 1 amide bonds. The number of benzene rings is 2. The highest BCUT2D eigenvalue weighted by molar-refractivity contribution is 9.10. The Hall–Kier alpha value is -1.41. The highest BCUT2D eigenvalue weighted by Crippen LogP contribution is 2.21. The van der Waals surface area contributed by atoms with Crippen molar-refractivity contribution in [1.82, 2.24) is 9.21 Å². The Balaban J connectivity index is 1.69. The van der Waals surface area contributed by atoms with Crippen LogP contribution in [0.5, 0.6) is 0 Å². The van der Waals surface area contributed by atoms with Crippen LogP contribution in [0.1, 0.15) is 10.4 Å². The molecule has 2 aromatic rings. The Kier molecular flexibility index (Phi) is 5.48. The van der Waals surface area contributed by atoms with Crippen LogP contribution in [0.2, 0.25) is 5.02 Å². The molecule has 3 rings (SSSR count). The van der Waals surface area contributed by atoms with Gasteiger partial charge in [0.1, 0.15) is 0 Å². The lowest BCUT2D eigenvalue weighted by molar-refractivity contribution is 0.0698. The number of halogens is 2. The summed E-state index contributed by atoms with van der Waals surface area (Å²) < 4.78 is 27.6. The van der Waals surface area contributed by atoms with Crippen molar-refractivity contribution >= 4 is 43.5 Å². The lowest BCUT2D eigenvalue weighted by Crippen LogP contribution is -2.50. The van der Waals surface area contributed by atoms with E-state index in [4.69, 9.17) is 11.6 Å². The van der Waals surface area contributed by atoms with Gasteiger partial charge in [0.05, 0.1) is 4.90 Å². The Bertz CT molecular complexity index is 879. The first-order valence-electron chi connectivity index (χ1n) is 7.68. The minimum atomic E-state index is -3.57. The van der Waals surface area contributed by atoms with Crippen molar-refractivity contribution in [3.63, 3.8) is 0 Å². The first kappa shape index (κ1) is 18.4. The van der Waals surface area contributed by atoms with Gasteiger partial charge >= 0.3 is 0 Å². The zero-order chi connectivity index (χ0) is 18.0. The molecule has 0 N–H and O–H groups in total. The summed E-state index contributed by atoms with van der Waals surface area (Å²) in [5, 5.41) is 0.489. The standard InChI is InChI=1S/C17H16BrClN2O3S/c18-14-3-1-2-13(12-14)17(22)20-8-10-21(11-9-20)25(23,24)16-6-4-15(19)5-7-16/h1-7,12H,8-11H2. The maximum absolute atomic E-state index is 12.7. The van der Waals surface area contributed by atoms with Gasteiger partial charge in [-0.1, -0.05) is 33.6 Å². The number of hydrogen-bond acceptors (Lipinski definition) is 3. The van der Waals surface area contributed by atoms with Crippen LogP contribution >= 0.6 is 27.5 Å². The van der Waals surface area contributed by atoms with Gasteiger partial charge in [-0.25, -0.2) is 8.42 Å². The van der Waals surface area contributed by atoms with E-state index in [2.05, 4.69) is 15.9 Å². The molecule has 0 bridgehead atoms. The Morgan fingerprint density at radius 1 is 1.00 bits per heavy atom. The van der Waals surface area contributed by atoms with E-state index < -0.39 is 10.0 Å². The molecule has 25 heavy (non-hydrogen) atoms. The van der Waals surface area contributed by atoms with E-state index in [1.54, 1.807) is 35.2 Å². The fourth-order valence-corrected chi connectivity index (χ4v) is 4.64. The first-order valence-corrected chi connectivity index (χ1v) is 10.3. The monoisotopic (exact) mass is 442 g/mol. The van der Waals surface area contributed by atoms with Crippen molar-refractivity contribution in [2.75, 3.05) is 26.2 Å². The average Bonchev–Trinajstić information content (AvgIpc) is 2.61. The molecule has 1 fully saturated rings. The third-order valence-corrected chi connectivity index (χ3v) is 6.71. The van der Waals surface area contributed by atoms with Crippen LogP contribution in [0, 0.1) is 0 Å². The van der Waals surface area contributed by atoms with Crippen LogP contribution in [0.25, 0.3) is 0 Å². The zero-order valence-electron chi connectivity index (χ0n) is 13.2. The van der Waals surface area contributed by atoms with Crippen LogP contribution < -0.4 is 0 Å². The van der Waals surface area contributed by atoms with Crippen LogP contribution in [0.3, 0.4) is 0 Å². The second kappa shape index (κ2) is 7.45. The minimum absolute atomic E-state index is 0.0927. The van der Waals surface area contributed by atoms with Crippen LogP contribution in [0.15, 0.2) is 57.9 Å². The van der Waals surface area contributed by atoms with E-state index in [0.29, 0.717) is 23.7 Å². The highest BCUT2D eigenvalue weighted by Gasteiger charge is 2.30. The predicted molar refractivity (Wildman–Crippen MR) is 100 cm³/mol. The summed E-state index contributed by atoms with van der Waals surface area (Å²) in [5.41, 5.74) is 0.586. The smallest absolute Gasteiger partial charge is 0.253 e. The first-order chi connectivity index (χ1) is 11.9. The van der Waals surface area contributed by atoms with Crippen molar-refractivity contribution in [1.29, 1.82) is 0 Å². The maximum atomic E-state index is 12.7. The van der Waals surface area contributed by atoms with Crippen molar-refractivity contribution in [3.05, 3.63) is 63.6 Å². The van der Waals surface area contributed by atoms with Gasteiger partial charge in [-0.3, -0.25) is 4.79 Å². The fourth-order valence-electron chi connectivity index (χ4n) is 2.69. The number of sulfonamides is 1. The molecule has 0 spiro atoms. The SMILES string of the molecule is O=C(c1cccc(Br)c1)N1CCN(S(=O)(=O)c2ccc(Cl)cc2)CC1. The number of nitrogens with zero attached hydrogens (tertiary/aromatic N) is 2. The van der Waals surface area contributed by atoms with Gasteiger partial charge in [0.25, 0.3) is 5.91 Å². The number of carbonyl (C=O) groups is 1. The Morgan fingerprint density at radius 3 is 2.24 bits per heavy atom. The molecule has 0 saturated carbocycles. The number of piperazine rings is 1. The van der Waals surface area contributed by atoms with E-state index in [9.17, 15) is 13.2 Å². The second-order valence-corrected chi connectivity index (χ2v) is 8.95. The molecule has 1 aliphatic heterocycles. The molecular weight excluding hydrogens is 428 g/mol. The normalized spacial score (nSPS) is 16.0. The Morgan fingerprint density at radius 2 is 1.64 bits per heavy atom. The van der Waals surface area contributed by atoms with Crippen molar-refractivity contribution in [3.8, 4) is 0 Å². The molecule has 0 radical (unpaired) electrons. The molecule has 8 heteroatoms. The largest absolute Gasteiger partial charge is 0.336 e. The molecular formula is C17H16BrClN2O3S. The van der Waals surface area contributed by atoms with Crippen LogP contribution in [-0.2, 0) is 10.0 Å². The van der Waals surface area contributed by atoms with Crippen molar-refractivity contribution in [2.45, 2.75) is 4.90 Å². The van der Waals surface area contributed by atoms with Crippen molar-refractivity contribution < 1.29 is 13.2 Å². The van der Waals surface area contributed by atoms with Gasteiger partial charge in [-0.15, -0.1) is 0 Å². The van der Waals surface area contributed by atoms with Gasteiger partial charge in [0.2, 0.25) is 10.0 Å². The quantitative estimate of drug-likeness (QED) is 0.732. The predicted octanol–water partition coefficient (Wildman–Crippen LogP) is 3.25. The van der Waals surface area contributed by atoms with Gasteiger partial charge in [-0.05, 0) is 42.5 Å². The summed E-state index contributed by atoms with van der Waals surface area (Å²) in [5.74, 6) is -0.0927. The lowest BCUT2D eigenvalue weighted by atomic mass is 10.2. The molecule has 1 aliphatic rings. The average molecular weight is 444 g/mol. The van der Waals surface area contributed by atoms with Gasteiger partial charge < -0.3 is 4.90 Å². The zero-order valence-corrected chi connectivity index (χ0v) is 16.4. The summed E-state index contributed by atoms with van der Waals surface area (Å²) in [4.78, 5) is 14.4. The van der Waals surface area contributed by atoms with E-state index in [1.807, 2.05) is 6.07 Å². The lowest BCUT2D eigenvalue weighted by Gasteiger charge is -2.34. The molecule has 0 atom stereocenters. The van der Waals surface area contributed by atoms with Gasteiger partial charge in [0, 0.05) is 41.2 Å². The number of hydrogen-bond donors (Lipinski definition) is 0. The number of carbonyl (C=O) groups excluding carboxylic acids is 1. The van der Waals surface area contributed by atoms with Gasteiger partial charge in [0.15, 0.2) is 0 Å². The van der Waals surface area contributed by atoms with E-state index >= 15 is 0 Å².